The van der Waals surface area contributed by atoms with Gasteiger partial charge in [-0.25, -0.2) is 0 Å². The topological polar surface area (TPSA) is 54.4 Å². The van der Waals surface area contributed by atoms with Crippen molar-refractivity contribution in [2.24, 2.45) is 0 Å². The molecule has 0 spiro atoms. The fourth-order valence-corrected chi connectivity index (χ4v) is 0.447. The Morgan fingerprint density at radius 3 is 1.73 bits per heavy atom. The van der Waals surface area contributed by atoms with E-state index in [1.54, 1.807) is 0 Å². The quantitative estimate of drug-likeness (QED) is 0.403. The zero-order valence-electron chi connectivity index (χ0n) is 6.66. The van der Waals surface area contributed by atoms with E-state index in [1.165, 1.54) is 31.6 Å². The molecule has 0 radical (unpaired) electrons. The maximum atomic E-state index is 9.72. The van der Waals surface area contributed by atoms with E-state index in [0.717, 1.165) is 6.08 Å². The van der Waals surface area contributed by atoms with E-state index in [1.807, 2.05) is 6.08 Å². The summed E-state index contributed by atoms with van der Waals surface area (Å²) < 4.78 is 28.6. The van der Waals surface area contributed by atoms with Crippen LogP contribution < -0.4 is 0 Å². The van der Waals surface area contributed by atoms with Crippen LogP contribution in [0.2, 0.25) is 3.67 Å². The first-order chi connectivity index (χ1) is 4.97. The van der Waals surface area contributed by atoms with Crippen LogP contribution in [-0.4, -0.2) is 46.7 Å². The van der Waals surface area contributed by atoms with Crippen molar-refractivity contribution >= 4 is 38.0 Å². The van der Waals surface area contributed by atoms with Gasteiger partial charge in [0.25, 0.3) is 10.1 Å². The number of rotatable bonds is 3. The molecule has 0 bridgehead atoms. The first-order valence-corrected chi connectivity index (χ1v) is 6.17. The van der Waals surface area contributed by atoms with Crippen molar-refractivity contribution in [1.29, 1.82) is 0 Å². The molecule has 0 aromatic heterocycles. The molecule has 0 rings (SSSR count). The van der Waals surface area contributed by atoms with E-state index >= 15 is 0 Å². The van der Waals surface area contributed by atoms with Crippen LogP contribution in [0.1, 0.15) is 0 Å². The molecule has 0 saturated carbocycles. The number of hydrogen-bond donors (Lipinski definition) is 1. The first-order valence-electron chi connectivity index (χ1n) is 3.14. The van der Waals surface area contributed by atoms with Crippen LogP contribution in [-0.2, 0) is 10.1 Å². The molecule has 0 aromatic rings. The minimum absolute atomic E-state index is 0.368. The van der Waals surface area contributed by atoms with Gasteiger partial charge in [-0.15, -0.1) is 6.58 Å². The summed E-state index contributed by atoms with van der Waals surface area (Å²) in [6.07, 6.45) is 3.06. The second-order valence-corrected chi connectivity index (χ2v) is 4.05. The summed E-state index contributed by atoms with van der Waals surface area (Å²) >= 11 is 1.27. The van der Waals surface area contributed by atoms with Crippen molar-refractivity contribution in [3.63, 3.8) is 0 Å². The fraction of sp³-hybridized carbons (Fsp3) is 0.333. The standard InChI is InChI=1S/C3H6O3S.C3H5.Na/c1-2-3-7(4,5)6;1-3-2;/h2H,1,3H2,(H,4,5,6);3H,1-2H2;. The van der Waals surface area contributed by atoms with Gasteiger partial charge in [-0.05, 0) is 0 Å². The van der Waals surface area contributed by atoms with E-state index in [9.17, 15) is 8.42 Å². The third-order valence-corrected chi connectivity index (χ3v) is 1.85. The molecule has 3 nitrogen and oxygen atoms in total. The van der Waals surface area contributed by atoms with Crippen molar-refractivity contribution in [2.45, 2.75) is 3.67 Å². The fourth-order valence-electron chi connectivity index (χ4n) is 0.149. The Morgan fingerprint density at radius 1 is 1.36 bits per heavy atom. The average Bonchev–Trinajstić information content (AvgIpc) is 1.86. The molecule has 0 atom stereocenters. The van der Waals surface area contributed by atoms with Gasteiger partial charge in [0.1, 0.15) is 0 Å². The van der Waals surface area contributed by atoms with E-state index in [0.29, 0.717) is 0 Å². The Kier molecular flexibility index (Phi) is 10.8. The van der Waals surface area contributed by atoms with Crippen molar-refractivity contribution in [1.82, 2.24) is 0 Å². The van der Waals surface area contributed by atoms with E-state index < -0.39 is 10.1 Å². The van der Waals surface area contributed by atoms with Gasteiger partial charge in [-0.1, -0.05) is 6.08 Å². The van der Waals surface area contributed by atoms with E-state index in [2.05, 4.69) is 13.2 Å². The third-order valence-electron chi connectivity index (χ3n) is 0.617. The molecule has 0 aliphatic heterocycles. The van der Waals surface area contributed by atoms with E-state index in [-0.39, 0.29) is 5.75 Å². The Balaban J connectivity index is 0. The molecule has 0 heterocycles. The van der Waals surface area contributed by atoms with Crippen LogP contribution in [0, 0.1) is 0 Å². The molecule has 0 unspecified atom stereocenters. The molecule has 1 N–H and O–H groups in total. The average molecular weight is 186 g/mol. The normalized spacial score (nSPS) is 9.36. The third kappa shape index (κ3) is 25.2. The van der Waals surface area contributed by atoms with Gasteiger partial charge in [0.2, 0.25) is 0 Å². The predicted molar refractivity (Wildman–Crippen MR) is 47.4 cm³/mol. The Hall–Kier alpha value is 0.390. The monoisotopic (exact) mass is 186 g/mol. The second-order valence-electron chi connectivity index (χ2n) is 1.73. The second kappa shape index (κ2) is 8.49. The molecule has 5 heteroatoms. The molecule has 0 fully saturated rings. The van der Waals surface area contributed by atoms with Gasteiger partial charge in [0.05, 0.1) is 5.75 Å². The molecule has 60 valence electrons. The number of allylic oxidation sites excluding steroid dienone is 1. The minimum atomic E-state index is -3.79. The van der Waals surface area contributed by atoms with Crippen LogP contribution in [0.3, 0.4) is 0 Å². The Morgan fingerprint density at radius 2 is 1.73 bits per heavy atom. The summed E-state index contributed by atoms with van der Waals surface area (Å²) in [5.41, 5.74) is 0. The molecular formula is C6H11NaO3S. The summed E-state index contributed by atoms with van der Waals surface area (Å²) in [5, 5.41) is 0. The van der Waals surface area contributed by atoms with Gasteiger partial charge in [-0.3, -0.25) is 4.55 Å². The summed E-state index contributed by atoms with van der Waals surface area (Å²) in [6, 6.07) is 0. The van der Waals surface area contributed by atoms with Crippen molar-refractivity contribution < 1.29 is 13.0 Å². The van der Waals surface area contributed by atoms with Crippen LogP contribution in [0.15, 0.2) is 25.3 Å². The molecular weight excluding hydrogens is 175 g/mol. The van der Waals surface area contributed by atoms with Crippen LogP contribution in [0.4, 0.5) is 0 Å². The molecule has 0 amide bonds. The van der Waals surface area contributed by atoms with Crippen LogP contribution in [0.5, 0.6) is 0 Å². The van der Waals surface area contributed by atoms with Gasteiger partial charge < -0.3 is 0 Å². The molecule has 11 heavy (non-hydrogen) atoms. The molecule has 0 saturated heterocycles. The van der Waals surface area contributed by atoms with Crippen molar-refractivity contribution in [3.05, 3.63) is 25.3 Å². The summed E-state index contributed by atoms with van der Waals surface area (Å²) in [5.74, 6) is -0.368. The van der Waals surface area contributed by atoms with Crippen molar-refractivity contribution in [3.8, 4) is 0 Å². The van der Waals surface area contributed by atoms with Gasteiger partial charge in [0.15, 0.2) is 0 Å². The Labute approximate surface area is 85.4 Å². The van der Waals surface area contributed by atoms with Crippen LogP contribution >= 0.6 is 0 Å². The molecule has 0 aliphatic rings. The van der Waals surface area contributed by atoms with Gasteiger partial charge in [-0.2, -0.15) is 8.42 Å². The predicted octanol–water partition coefficient (Wildman–Crippen LogP) is 0.819. The first kappa shape index (κ1) is 13.9. The van der Waals surface area contributed by atoms with E-state index in [4.69, 9.17) is 4.55 Å². The SMILES string of the molecule is C=CCS(=O)(=O)O.C=C[CH2][Na]. The Bertz CT molecular complexity index is 196. The zero-order chi connectivity index (χ0) is 9.33. The summed E-state index contributed by atoms with van der Waals surface area (Å²) in [4.78, 5) is 0. The summed E-state index contributed by atoms with van der Waals surface area (Å²) in [6.45, 7) is 6.62. The maximum absolute atomic E-state index is 9.72. The molecule has 0 aromatic carbocycles. The van der Waals surface area contributed by atoms with Gasteiger partial charge >= 0.3 is 44.3 Å². The number of hydrogen-bond acceptors (Lipinski definition) is 2. The summed E-state index contributed by atoms with van der Waals surface area (Å²) in [7, 11) is -3.79. The van der Waals surface area contributed by atoms with Crippen molar-refractivity contribution in [2.75, 3.05) is 5.75 Å². The molecule has 0 aliphatic carbocycles. The van der Waals surface area contributed by atoms with Crippen LogP contribution in [0.25, 0.3) is 0 Å². The zero-order valence-corrected chi connectivity index (χ0v) is 9.47. The van der Waals surface area contributed by atoms with Gasteiger partial charge in [0, 0.05) is 0 Å².